The van der Waals surface area contributed by atoms with Gasteiger partial charge in [-0.2, -0.15) is 0 Å². The highest BCUT2D eigenvalue weighted by atomic mass is 35.5. The molecule has 0 unspecified atom stereocenters. The maximum atomic E-state index is 6.03. The van der Waals surface area contributed by atoms with E-state index in [4.69, 9.17) is 11.6 Å². The van der Waals surface area contributed by atoms with Crippen LogP contribution in [0.25, 0.3) is 0 Å². The highest BCUT2D eigenvalue weighted by Gasteiger charge is 2.18. The lowest BCUT2D eigenvalue weighted by atomic mass is 10.2. The molecule has 2 aromatic rings. The van der Waals surface area contributed by atoms with Crippen LogP contribution in [0.2, 0.25) is 5.02 Å². The minimum absolute atomic E-state index is 0.788. The van der Waals surface area contributed by atoms with E-state index in [0.29, 0.717) is 0 Å². The van der Waals surface area contributed by atoms with Crippen molar-refractivity contribution in [3.63, 3.8) is 0 Å². The van der Waals surface area contributed by atoms with Gasteiger partial charge in [0.25, 0.3) is 0 Å². The van der Waals surface area contributed by atoms with Gasteiger partial charge in [0, 0.05) is 43.1 Å². The molecule has 1 aromatic carbocycles. The van der Waals surface area contributed by atoms with Gasteiger partial charge < -0.3 is 9.80 Å². The Morgan fingerprint density at radius 2 is 1.79 bits per heavy atom. The molecule has 0 N–H and O–H groups in total. The molecule has 4 nitrogen and oxygen atoms in total. The third-order valence-corrected chi connectivity index (χ3v) is 3.58. The molecule has 98 valence electrons. The Balaban J connectivity index is 1.67. The zero-order chi connectivity index (χ0) is 13.1. The average molecular weight is 275 g/mol. The minimum atomic E-state index is 0.788. The largest absolute Gasteiger partial charge is 0.368 e. The van der Waals surface area contributed by atoms with Gasteiger partial charge in [-0.25, -0.2) is 9.97 Å². The van der Waals surface area contributed by atoms with Gasteiger partial charge in [0.2, 0.25) is 0 Å². The van der Waals surface area contributed by atoms with Crippen LogP contribution in [0.5, 0.6) is 0 Å². The number of nitrogens with zero attached hydrogens (tertiary/aromatic N) is 4. The Kier molecular flexibility index (Phi) is 3.51. The van der Waals surface area contributed by atoms with Crippen molar-refractivity contribution in [2.45, 2.75) is 0 Å². The molecule has 0 spiro atoms. The van der Waals surface area contributed by atoms with E-state index in [1.165, 1.54) is 5.69 Å². The monoisotopic (exact) mass is 274 g/mol. The molecule has 0 radical (unpaired) electrons. The SMILES string of the molecule is Clc1cccc(N2CCN(c3ccncn3)CC2)c1. The van der Waals surface area contributed by atoms with Crippen molar-refractivity contribution < 1.29 is 0 Å². The lowest BCUT2D eigenvalue weighted by Gasteiger charge is -2.36. The standard InChI is InChI=1S/C14H15ClN4/c15-12-2-1-3-13(10-12)18-6-8-19(9-7-18)14-4-5-16-11-17-14/h1-5,10-11H,6-9H2. The molecule has 1 saturated heterocycles. The van der Waals surface area contributed by atoms with Crippen molar-refractivity contribution in [2.75, 3.05) is 36.0 Å². The van der Waals surface area contributed by atoms with Gasteiger partial charge in [-0.1, -0.05) is 17.7 Å². The van der Waals surface area contributed by atoms with Crippen LogP contribution in [0.3, 0.4) is 0 Å². The summed E-state index contributed by atoms with van der Waals surface area (Å²) in [7, 11) is 0. The van der Waals surface area contributed by atoms with Gasteiger partial charge in [-0.3, -0.25) is 0 Å². The maximum absolute atomic E-state index is 6.03. The molecule has 0 aliphatic carbocycles. The van der Waals surface area contributed by atoms with E-state index in [-0.39, 0.29) is 0 Å². The summed E-state index contributed by atoms with van der Waals surface area (Å²) in [6, 6.07) is 9.97. The first-order chi connectivity index (χ1) is 9.33. The van der Waals surface area contributed by atoms with Gasteiger partial charge in [0.1, 0.15) is 12.1 Å². The first kappa shape index (κ1) is 12.2. The van der Waals surface area contributed by atoms with Crippen LogP contribution in [0.1, 0.15) is 0 Å². The van der Waals surface area contributed by atoms with Gasteiger partial charge in [0.05, 0.1) is 0 Å². The normalized spacial score (nSPS) is 15.6. The lowest BCUT2D eigenvalue weighted by molar-refractivity contribution is 0.647. The number of hydrogen-bond acceptors (Lipinski definition) is 4. The molecular weight excluding hydrogens is 260 g/mol. The number of rotatable bonds is 2. The van der Waals surface area contributed by atoms with E-state index in [0.717, 1.165) is 37.0 Å². The van der Waals surface area contributed by atoms with Crippen LogP contribution < -0.4 is 9.80 Å². The van der Waals surface area contributed by atoms with E-state index in [1.807, 2.05) is 24.3 Å². The van der Waals surface area contributed by atoms with Crippen LogP contribution >= 0.6 is 11.6 Å². The van der Waals surface area contributed by atoms with Crippen LogP contribution in [0.15, 0.2) is 42.9 Å². The number of benzene rings is 1. The highest BCUT2D eigenvalue weighted by molar-refractivity contribution is 6.30. The Labute approximate surface area is 117 Å². The fraction of sp³-hybridized carbons (Fsp3) is 0.286. The molecule has 0 atom stereocenters. The van der Waals surface area contributed by atoms with E-state index in [2.05, 4.69) is 25.8 Å². The number of aromatic nitrogens is 2. The summed E-state index contributed by atoms with van der Waals surface area (Å²) in [6.07, 6.45) is 3.38. The summed E-state index contributed by atoms with van der Waals surface area (Å²) < 4.78 is 0. The topological polar surface area (TPSA) is 32.3 Å². The number of halogens is 1. The molecule has 19 heavy (non-hydrogen) atoms. The predicted octanol–water partition coefficient (Wildman–Crippen LogP) is 2.46. The van der Waals surface area contributed by atoms with Crippen LogP contribution in [0, 0.1) is 0 Å². The molecule has 1 aliphatic heterocycles. The second-order valence-electron chi connectivity index (χ2n) is 4.52. The smallest absolute Gasteiger partial charge is 0.132 e. The third-order valence-electron chi connectivity index (χ3n) is 3.34. The van der Waals surface area contributed by atoms with Crippen molar-refractivity contribution in [3.05, 3.63) is 47.9 Å². The minimum Gasteiger partial charge on any atom is -0.368 e. The molecule has 1 fully saturated rings. The molecule has 0 amide bonds. The molecule has 2 heterocycles. The highest BCUT2D eigenvalue weighted by Crippen LogP contribution is 2.21. The molecule has 0 saturated carbocycles. The van der Waals surface area contributed by atoms with Crippen molar-refractivity contribution in [2.24, 2.45) is 0 Å². The van der Waals surface area contributed by atoms with Crippen LogP contribution in [-0.2, 0) is 0 Å². The fourth-order valence-electron chi connectivity index (χ4n) is 2.34. The van der Waals surface area contributed by atoms with E-state index < -0.39 is 0 Å². The number of anilines is 2. The zero-order valence-electron chi connectivity index (χ0n) is 10.5. The van der Waals surface area contributed by atoms with Crippen molar-refractivity contribution in [1.29, 1.82) is 0 Å². The third kappa shape index (κ3) is 2.79. The Bertz CT molecular complexity index is 538. The van der Waals surface area contributed by atoms with Gasteiger partial charge in [0.15, 0.2) is 0 Å². The molecule has 1 aliphatic rings. The van der Waals surface area contributed by atoms with Crippen molar-refractivity contribution >= 4 is 23.1 Å². The summed E-state index contributed by atoms with van der Waals surface area (Å²) in [4.78, 5) is 12.9. The molecular formula is C14H15ClN4. The summed E-state index contributed by atoms with van der Waals surface area (Å²) in [6.45, 7) is 3.88. The lowest BCUT2D eigenvalue weighted by Crippen LogP contribution is -2.46. The molecule has 0 bridgehead atoms. The average Bonchev–Trinajstić information content (AvgIpc) is 2.48. The summed E-state index contributed by atoms with van der Waals surface area (Å²) >= 11 is 6.03. The number of hydrogen-bond donors (Lipinski definition) is 0. The molecule has 3 rings (SSSR count). The van der Waals surface area contributed by atoms with Gasteiger partial charge in [-0.15, -0.1) is 0 Å². The van der Waals surface area contributed by atoms with Crippen LogP contribution in [-0.4, -0.2) is 36.1 Å². The second kappa shape index (κ2) is 5.45. The van der Waals surface area contributed by atoms with Gasteiger partial charge >= 0.3 is 0 Å². The number of piperazine rings is 1. The van der Waals surface area contributed by atoms with E-state index >= 15 is 0 Å². The summed E-state index contributed by atoms with van der Waals surface area (Å²) in [5.41, 5.74) is 1.19. The van der Waals surface area contributed by atoms with E-state index in [9.17, 15) is 0 Å². The van der Waals surface area contributed by atoms with Crippen molar-refractivity contribution in [1.82, 2.24) is 9.97 Å². The Morgan fingerprint density at radius 3 is 2.47 bits per heavy atom. The quantitative estimate of drug-likeness (QED) is 0.842. The second-order valence-corrected chi connectivity index (χ2v) is 4.96. The zero-order valence-corrected chi connectivity index (χ0v) is 11.3. The predicted molar refractivity (Wildman–Crippen MR) is 77.9 cm³/mol. The van der Waals surface area contributed by atoms with E-state index in [1.54, 1.807) is 12.5 Å². The van der Waals surface area contributed by atoms with Crippen molar-refractivity contribution in [3.8, 4) is 0 Å². The fourth-order valence-corrected chi connectivity index (χ4v) is 2.52. The first-order valence-electron chi connectivity index (χ1n) is 6.34. The Morgan fingerprint density at radius 1 is 1.00 bits per heavy atom. The summed E-state index contributed by atoms with van der Waals surface area (Å²) in [5.74, 6) is 1.00. The molecule has 1 aromatic heterocycles. The summed E-state index contributed by atoms with van der Waals surface area (Å²) in [5, 5.41) is 0.788. The van der Waals surface area contributed by atoms with Crippen LogP contribution in [0.4, 0.5) is 11.5 Å². The molecule has 5 heteroatoms. The maximum Gasteiger partial charge on any atom is 0.132 e. The Hall–Kier alpha value is -1.81. The first-order valence-corrected chi connectivity index (χ1v) is 6.72. The van der Waals surface area contributed by atoms with Gasteiger partial charge in [-0.05, 0) is 24.3 Å².